The zero-order chi connectivity index (χ0) is 12.3. The highest BCUT2D eigenvalue weighted by molar-refractivity contribution is 7.90. The van der Waals surface area contributed by atoms with Crippen molar-refractivity contribution >= 4 is 26.5 Å². The summed E-state index contributed by atoms with van der Waals surface area (Å²) in [5, 5.41) is 8.64. The lowest BCUT2D eigenvalue weighted by Crippen LogP contribution is -1.99. The van der Waals surface area contributed by atoms with Gasteiger partial charge in [-0.15, -0.1) is 0 Å². The van der Waals surface area contributed by atoms with Crippen LogP contribution < -0.4 is 0 Å². The van der Waals surface area contributed by atoms with Crippen LogP contribution in [0.3, 0.4) is 0 Å². The molecule has 1 aromatic carbocycles. The molecule has 0 heterocycles. The minimum Gasteiger partial charge on any atom is -0.392 e. The Morgan fingerprint density at radius 3 is 2.62 bits per heavy atom. The molecule has 0 amide bonds. The van der Waals surface area contributed by atoms with E-state index in [2.05, 4.69) is 0 Å². The lowest BCUT2D eigenvalue weighted by atomic mass is 10.2. The molecular formula is C10H10ClFO3S. The van der Waals surface area contributed by atoms with E-state index in [-0.39, 0.29) is 22.1 Å². The fraction of sp³-hybridized carbons (Fsp3) is 0.200. The van der Waals surface area contributed by atoms with Gasteiger partial charge in [-0.2, -0.15) is 0 Å². The SMILES string of the molecule is CS(=O)(=O)c1ccc(/C(Cl)=C\CO)c(F)c1. The Labute approximate surface area is 98.1 Å². The van der Waals surface area contributed by atoms with Gasteiger partial charge in [0.15, 0.2) is 9.84 Å². The highest BCUT2D eigenvalue weighted by Crippen LogP contribution is 2.24. The number of benzene rings is 1. The molecule has 1 aromatic rings. The molecule has 16 heavy (non-hydrogen) atoms. The van der Waals surface area contributed by atoms with Gasteiger partial charge in [0.2, 0.25) is 0 Å². The summed E-state index contributed by atoms with van der Waals surface area (Å²) >= 11 is 5.69. The normalized spacial score (nSPS) is 12.9. The van der Waals surface area contributed by atoms with Gasteiger partial charge in [-0.3, -0.25) is 0 Å². The summed E-state index contributed by atoms with van der Waals surface area (Å²) in [5.41, 5.74) is 0.0584. The molecule has 0 saturated heterocycles. The Kier molecular flexibility index (Phi) is 4.07. The van der Waals surface area contributed by atoms with Crippen molar-refractivity contribution in [1.29, 1.82) is 0 Å². The lowest BCUT2D eigenvalue weighted by Gasteiger charge is -2.04. The molecule has 0 radical (unpaired) electrons. The molecule has 0 aliphatic carbocycles. The summed E-state index contributed by atoms with van der Waals surface area (Å²) in [5.74, 6) is -0.738. The second-order valence-corrected chi connectivity index (χ2v) is 5.57. The first-order chi connectivity index (χ1) is 7.36. The van der Waals surface area contributed by atoms with Crippen LogP contribution in [0.25, 0.3) is 5.03 Å². The van der Waals surface area contributed by atoms with Crippen LogP contribution in [0.1, 0.15) is 5.56 Å². The highest BCUT2D eigenvalue weighted by Gasteiger charge is 2.12. The van der Waals surface area contributed by atoms with Gasteiger partial charge >= 0.3 is 0 Å². The second-order valence-electron chi connectivity index (χ2n) is 3.15. The van der Waals surface area contributed by atoms with Gasteiger partial charge in [-0.25, -0.2) is 12.8 Å². The third-order valence-corrected chi connectivity index (χ3v) is 3.36. The van der Waals surface area contributed by atoms with E-state index in [0.29, 0.717) is 0 Å². The maximum Gasteiger partial charge on any atom is 0.175 e. The molecule has 88 valence electrons. The van der Waals surface area contributed by atoms with Crippen LogP contribution in [0, 0.1) is 5.82 Å². The highest BCUT2D eigenvalue weighted by atomic mass is 35.5. The summed E-state index contributed by atoms with van der Waals surface area (Å²) in [6.07, 6.45) is 2.21. The zero-order valence-electron chi connectivity index (χ0n) is 8.44. The quantitative estimate of drug-likeness (QED) is 0.906. The van der Waals surface area contributed by atoms with Crippen molar-refractivity contribution in [2.24, 2.45) is 0 Å². The minimum atomic E-state index is -3.43. The Bertz CT molecular complexity index is 523. The van der Waals surface area contributed by atoms with Crippen molar-refractivity contribution in [3.63, 3.8) is 0 Å². The largest absolute Gasteiger partial charge is 0.392 e. The lowest BCUT2D eigenvalue weighted by molar-refractivity contribution is 0.343. The van der Waals surface area contributed by atoms with Crippen molar-refractivity contribution in [3.05, 3.63) is 35.7 Å². The van der Waals surface area contributed by atoms with Crippen LogP contribution in [0.2, 0.25) is 0 Å². The average Bonchev–Trinajstić information content (AvgIpc) is 2.16. The molecule has 0 atom stereocenters. The van der Waals surface area contributed by atoms with E-state index in [1.807, 2.05) is 0 Å². The molecule has 0 fully saturated rings. The molecular weight excluding hydrogens is 255 g/mol. The molecule has 0 saturated carbocycles. The van der Waals surface area contributed by atoms with Crippen LogP contribution in [-0.4, -0.2) is 26.4 Å². The third-order valence-electron chi connectivity index (χ3n) is 1.90. The van der Waals surface area contributed by atoms with Crippen molar-refractivity contribution in [2.75, 3.05) is 12.9 Å². The summed E-state index contributed by atoms with van der Waals surface area (Å²) in [4.78, 5) is -0.109. The first-order valence-corrected chi connectivity index (χ1v) is 6.59. The number of aliphatic hydroxyl groups excluding tert-OH is 1. The molecule has 0 aliphatic heterocycles. The van der Waals surface area contributed by atoms with E-state index in [1.54, 1.807) is 0 Å². The molecule has 6 heteroatoms. The van der Waals surface area contributed by atoms with E-state index in [9.17, 15) is 12.8 Å². The van der Waals surface area contributed by atoms with Crippen LogP contribution in [-0.2, 0) is 9.84 Å². The second kappa shape index (κ2) is 4.95. The maximum atomic E-state index is 13.5. The monoisotopic (exact) mass is 264 g/mol. The van der Waals surface area contributed by atoms with Gasteiger partial charge in [-0.1, -0.05) is 11.6 Å². The molecule has 0 unspecified atom stereocenters. The van der Waals surface area contributed by atoms with Crippen molar-refractivity contribution in [3.8, 4) is 0 Å². The number of hydrogen-bond acceptors (Lipinski definition) is 3. The zero-order valence-corrected chi connectivity index (χ0v) is 10.0. The van der Waals surface area contributed by atoms with E-state index >= 15 is 0 Å². The van der Waals surface area contributed by atoms with Crippen LogP contribution >= 0.6 is 11.6 Å². The topological polar surface area (TPSA) is 54.4 Å². The van der Waals surface area contributed by atoms with Gasteiger partial charge < -0.3 is 5.11 Å². The molecule has 0 spiro atoms. The molecule has 3 nitrogen and oxygen atoms in total. The van der Waals surface area contributed by atoms with Crippen LogP contribution in [0.4, 0.5) is 4.39 Å². The van der Waals surface area contributed by atoms with Crippen molar-refractivity contribution < 1.29 is 17.9 Å². The predicted molar refractivity (Wildman–Crippen MR) is 60.4 cm³/mol. The first kappa shape index (κ1) is 13.2. The number of halogens is 2. The first-order valence-electron chi connectivity index (χ1n) is 4.32. The van der Waals surface area contributed by atoms with Crippen molar-refractivity contribution in [2.45, 2.75) is 4.90 Å². The van der Waals surface area contributed by atoms with Crippen LogP contribution in [0.15, 0.2) is 29.2 Å². The van der Waals surface area contributed by atoms with E-state index in [0.717, 1.165) is 12.3 Å². The predicted octanol–water partition coefficient (Wildman–Crippen LogP) is 1.80. The fourth-order valence-electron chi connectivity index (χ4n) is 1.11. The summed E-state index contributed by atoms with van der Waals surface area (Å²) in [6, 6.07) is 3.43. The molecule has 0 aromatic heterocycles. The maximum absolute atomic E-state index is 13.5. The summed E-state index contributed by atoms with van der Waals surface area (Å²) in [6.45, 7) is -0.313. The Morgan fingerprint density at radius 1 is 1.56 bits per heavy atom. The average molecular weight is 265 g/mol. The third kappa shape index (κ3) is 3.04. The number of aliphatic hydroxyl groups is 1. The Morgan fingerprint density at radius 2 is 2.19 bits per heavy atom. The van der Waals surface area contributed by atoms with Gasteiger partial charge in [0.05, 0.1) is 11.5 Å². The number of rotatable bonds is 3. The van der Waals surface area contributed by atoms with Crippen molar-refractivity contribution in [1.82, 2.24) is 0 Å². The van der Waals surface area contributed by atoms with Gasteiger partial charge in [-0.05, 0) is 24.3 Å². The van der Waals surface area contributed by atoms with E-state index in [4.69, 9.17) is 16.7 Å². The van der Waals surface area contributed by atoms with Gasteiger partial charge in [0.1, 0.15) is 5.82 Å². The fourth-order valence-corrected chi connectivity index (χ4v) is 1.97. The number of hydrogen-bond donors (Lipinski definition) is 1. The summed E-state index contributed by atoms with van der Waals surface area (Å²) in [7, 11) is -3.43. The summed E-state index contributed by atoms with van der Waals surface area (Å²) < 4.78 is 35.8. The molecule has 1 N–H and O–H groups in total. The molecule has 1 rings (SSSR count). The minimum absolute atomic E-state index is 0.0417. The van der Waals surface area contributed by atoms with E-state index in [1.165, 1.54) is 18.2 Å². The standard InChI is InChI=1S/C10H10ClFO3S/c1-16(14,15)7-2-3-8(10(12)6-7)9(11)4-5-13/h2-4,6,13H,5H2,1H3/b9-4+. The van der Waals surface area contributed by atoms with Crippen LogP contribution in [0.5, 0.6) is 0 Å². The Hall–Kier alpha value is -0.910. The van der Waals surface area contributed by atoms with Gasteiger partial charge in [0, 0.05) is 16.9 Å². The number of sulfone groups is 1. The molecule has 0 aliphatic rings. The molecule has 0 bridgehead atoms. The van der Waals surface area contributed by atoms with E-state index < -0.39 is 15.7 Å². The smallest absolute Gasteiger partial charge is 0.175 e. The van der Waals surface area contributed by atoms with Gasteiger partial charge in [0.25, 0.3) is 0 Å². The Balaban J connectivity index is 3.26.